The van der Waals surface area contributed by atoms with E-state index in [1.54, 1.807) is 24.1 Å². The van der Waals surface area contributed by atoms with E-state index in [1.807, 2.05) is 24.6 Å². The van der Waals surface area contributed by atoms with E-state index in [4.69, 9.17) is 0 Å². The number of carbonyl (C=O) groups is 1. The summed E-state index contributed by atoms with van der Waals surface area (Å²) in [5.41, 5.74) is 1.67. The molecule has 10 nitrogen and oxygen atoms in total. The summed E-state index contributed by atoms with van der Waals surface area (Å²) < 4.78 is 4.78. The molecule has 0 aliphatic heterocycles. The van der Waals surface area contributed by atoms with Crippen molar-refractivity contribution in [2.75, 3.05) is 5.32 Å². The topological polar surface area (TPSA) is 113 Å². The molecule has 0 bridgehead atoms. The predicted octanol–water partition coefficient (Wildman–Crippen LogP) is 1.48. The van der Waals surface area contributed by atoms with Crippen molar-refractivity contribution in [2.24, 2.45) is 7.05 Å². The number of hydrogen-bond donors (Lipinski definition) is 1. The second-order valence-electron chi connectivity index (χ2n) is 6.87. The first-order valence-electron chi connectivity index (χ1n) is 8.94. The molecular weight excluding hydrogens is 360 g/mol. The number of rotatable bonds is 5. The highest BCUT2D eigenvalue weighted by atomic mass is 16.2. The molecule has 0 radical (unpaired) electrons. The highest BCUT2D eigenvalue weighted by molar-refractivity contribution is 5.92. The molecule has 10 heteroatoms. The minimum atomic E-state index is -0.213. The lowest BCUT2D eigenvalue weighted by Gasteiger charge is -2.08. The average Bonchev–Trinajstić information content (AvgIpc) is 3.25. The first-order chi connectivity index (χ1) is 13.4. The fraction of sp³-hybridized carbons (Fsp3) is 0.333. The van der Waals surface area contributed by atoms with Crippen LogP contribution in [-0.2, 0) is 18.4 Å². The molecule has 0 fully saturated rings. The van der Waals surface area contributed by atoms with Crippen LogP contribution in [0.1, 0.15) is 26.3 Å². The van der Waals surface area contributed by atoms with E-state index < -0.39 is 0 Å². The summed E-state index contributed by atoms with van der Waals surface area (Å²) >= 11 is 0. The largest absolute Gasteiger partial charge is 0.325 e. The van der Waals surface area contributed by atoms with E-state index in [2.05, 4.69) is 25.5 Å². The Labute approximate surface area is 159 Å². The number of hydrogen-bond acceptors (Lipinski definition) is 6. The van der Waals surface area contributed by atoms with Gasteiger partial charge in [0.2, 0.25) is 5.91 Å². The molecule has 0 aliphatic carbocycles. The standard InChI is InChI=1S/C18H20N8O2/c1-11(2)26-16-12(7-22-26)6-13(8-19-16)23-15(27)4-5-25-10-20-17-14(18(25)28)9-21-24(17)3/h6-11H,4-5H2,1-3H3,(H,23,27). The van der Waals surface area contributed by atoms with Crippen LogP contribution in [0.4, 0.5) is 5.69 Å². The maximum Gasteiger partial charge on any atom is 0.264 e. The molecular formula is C18H20N8O2. The van der Waals surface area contributed by atoms with Crippen LogP contribution in [0.15, 0.2) is 35.8 Å². The number of amides is 1. The summed E-state index contributed by atoms with van der Waals surface area (Å²) in [7, 11) is 1.72. The third-order valence-electron chi connectivity index (χ3n) is 4.50. The number of aromatic nitrogens is 7. The van der Waals surface area contributed by atoms with E-state index in [9.17, 15) is 9.59 Å². The maximum atomic E-state index is 12.4. The van der Waals surface area contributed by atoms with E-state index in [-0.39, 0.29) is 30.5 Å². The van der Waals surface area contributed by atoms with Crippen molar-refractivity contribution in [1.29, 1.82) is 0 Å². The summed E-state index contributed by atoms with van der Waals surface area (Å²) in [6.45, 7) is 4.29. The summed E-state index contributed by atoms with van der Waals surface area (Å²) in [6, 6.07) is 2.04. The fourth-order valence-electron chi connectivity index (χ4n) is 3.06. The first kappa shape index (κ1) is 17.8. The third kappa shape index (κ3) is 3.13. The second kappa shape index (κ2) is 6.87. The number of carbonyl (C=O) groups excluding carboxylic acids is 1. The second-order valence-corrected chi connectivity index (χ2v) is 6.87. The molecule has 0 aromatic carbocycles. The van der Waals surface area contributed by atoms with Crippen LogP contribution in [0, 0.1) is 0 Å². The Morgan fingerprint density at radius 1 is 1.14 bits per heavy atom. The average molecular weight is 380 g/mol. The molecule has 0 saturated heterocycles. The molecule has 4 heterocycles. The van der Waals surface area contributed by atoms with Gasteiger partial charge in [-0.2, -0.15) is 10.2 Å². The Morgan fingerprint density at radius 3 is 2.75 bits per heavy atom. The van der Waals surface area contributed by atoms with Crippen molar-refractivity contribution in [3.05, 3.63) is 41.3 Å². The maximum absolute atomic E-state index is 12.4. The van der Waals surface area contributed by atoms with E-state index in [1.165, 1.54) is 17.1 Å². The van der Waals surface area contributed by atoms with Gasteiger partial charge in [-0.05, 0) is 19.9 Å². The molecule has 28 heavy (non-hydrogen) atoms. The van der Waals surface area contributed by atoms with Gasteiger partial charge in [-0.1, -0.05) is 0 Å². The monoisotopic (exact) mass is 380 g/mol. The Morgan fingerprint density at radius 2 is 1.96 bits per heavy atom. The summed E-state index contributed by atoms with van der Waals surface area (Å²) in [5.74, 6) is -0.212. The van der Waals surface area contributed by atoms with Gasteiger partial charge >= 0.3 is 0 Å². The van der Waals surface area contributed by atoms with Crippen LogP contribution in [0.5, 0.6) is 0 Å². The van der Waals surface area contributed by atoms with Crippen LogP contribution in [0.3, 0.4) is 0 Å². The van der Waals surface area contributed by atoms with Crippen molar-refractivity contribution < 1.29 is 4.79 Å². The van der Waals surface area contributed by atoms with Crippen molar-refractivity contribution in [1.82, 2.24) is 34.1 Å². The third-order valence-corrected chi connectivity index (χ3v) is 4.50. The number of nitrogens with one attached hydrogen (secondary N) is 1. The van der Waals surface area contributed by atoms with Crippen molar-refractivity contribution in [3.8, 4) is 0 Å². The smallest absolute Gasteiger partial charge is 0.264 e. The van der Waals surface area contributed by atoms with Crippen LogP contribution in [0.2, 0.25) is 0 Å². The zero-order valence-corrected chi connectivity index (χ0v) is 15.8. The SMILES string of the molecule is CC(C)n1ncc2cc(NC(=O)CCn3cnc4c(cnn4C)c3=O)cnc21. The summed E-state index contributed by atoms with van der Waals surface area (Å²) in [6.07, 6.45) is 6.40. The van der Waals surface area contributed by atoms with Gasteiger partial charge in [-0.15, -0.1) is 0 Å². The molecule has 0 aliphatic rings. The lowest BCUT2D eigenvalue weighted by atomic mass is 10.3. The Bertz CT molecular complexity index is 1230. The summed E-state index contributed by atoms with van der Waals surface area (Å²) in [5, 5.41) is 12.5. The van der Waals surface area contributed by atoms with Gasteiger partial charge in [-0.25, -0.2) is 14.6 Å². The zero-order valence-electron chi connectivity index (χ0n) is 15.8. The van der Waals surface area contributed by atoms with Gasteiger partial charge in [0.05, 0.1) is 30.6 Å². The van der Waals surface area contributed by atoms with Crippen molar-refractivity contribution in [3.63, 3.8) is 0 Å². The summed E-state index contributed by atoms with van der Waals surface area (Å²) in [4.78, 5) is 33.4. The minimum Gasteiger partial charge on any atom is -0.325 e. The predicted molar refractivity (Wildman–Crippen MR) is 104 cm³/mol. The normalized spacial score (nSPS) is 11.6. The molecule has 0 saturated carbocycles. The Balaban J connectivity index is 1.45. The van der Waals surface area contributed by atoms with Crippen LogP contribution in [-0.4, -0.2) is 40.0 Å². The number of fused-ring (bicyclic) bond motifs is 2. The molecule has 4 aromatic rings. The molecule has 0 unspecified atom stereocenters. The molecule has 4 rings (SSSR count). The first-order valence-corrected chi connectivity index (χ1v) is 8.94. The van der Waals surface area contributed by atoms with Crippen LogP contribution < -0.4 is 10.9 Å². The van der Waals surface area contributed by atoms with Gasteiger partial charge in [0.25, 0.3) is 5.56 Å². The molecule has 0 atom stereocenters. The Kier molecular flexibility index (Phi) is 4.38. The molecule has 144 valence electrons. The van der Waals surface area contributed by atoms with E-state index in [0.717, 1.165) is 11.0 Å². The van der Waals surface area contributed by atoms with Gasteiger partial charge in [0.15, 0.2) is 11.3 Å². The number of aryl methyl sites for hydroxylation is 2. The highest BCUT2D eigenvalue weighted by Crippen LogP contribution is 2.19. The molecule has 4 aromatic heterocycles. The number of pyridine rings is 1. The number of anilines is 1. The zero-order chi connectivity index (χ0) is 19.8. The van der Waals surface area contributed by atoms with E-state index in [0.29, 0.717) is 16.7 Å². The Hall–Kier alpha value is -3.56. The van der Waals surface area contributed by atoms with E-state index >= 15 is 0 Å². The molecule has 1 N–H and O–H groups in total. The van der Waals surface area contributed by atoms with Gasteiger partial charge in [0.1, 0.15) is 5.39 Å². The van der Waals surface area contributed by atoms with Crippen LogP contribution >= 0.6 is 0 Å². The lowest BCUT2D eigenvalue weighted by Crippen LogP contribution is -2.23. The molecule has 1 amide bonds. The lowest BCUT2D eigenvalue weighted by molar-refractivity contribution is -0.116. The molecule has 0 spiro atoms. The van der Waals surface area contributed by atoms with Crippen molar-refractivity contribution >= 4 is 33.7 Å². The van der Waals surface area contributed by atoms with Crippen molar-refractivity contribution in [2.45, 2.75) is 32.9 Å². The number of nitrogens with zero attached hydrogens (tertiary/aromatic N) is 7. The van der Waals surface area contributed by atoms with Gasteiger partial charge in [-0.3, -0.25) is 18.8 Å². The van der Waals surface area contributed by atoms with Gasteiger partial charge in [0, 0.05) is 31.4 Å². The highest BCUT2D eigenvalue weighted by Gasteiger charge is 2.11. The minimum absolute atomic E-state index is 0.136. The fourth-order valence-corrected chi connectivity index (χ4v) is 3.06. The van der Waals surface area contributed by atoms with Crippen LogP contribution in [0.25, 0.3) is 22.1 Å². The van der Waals surface area contributed by atoms with Gasteiger partial charge < -0.3 is 5.32 Å². The quantitative estimate of drug-likeness (QED) is 0.561.